The average molecular weight is 631 g/mol. The SMILES string of the molecule is CCCCCCCCCCCC(=O)O[C@@]12C[C@@H](C)[C@]34C=C(C)[C@H](OC(=O)C(C)(C)C)[C@@]3(O)[C@H](O)C(CO)=C[C@H](C4=O)[C@@H]1C2(C)C. The summed E-state index contributed by atoms with van der Waals surface area (Å²) in [4.78, 5) is 41.3. The quantitative estimate of drug-likeness (QED) is 0.128. The Morgan fingerprint density at radius 1 is 1.02 bits per heavy atom. The van der Waals surface area contributed by atoms with Crippen LogP contribution in [0.5, 0.6) is 0 Å². The molecule has 0 aromatic rings. The molecule has 3 N–H and O–H groups in total. The number of carbonyl (C=O) groups is 3. The molecular weight excluding hydrogens is 572 g/mol. The van der Waals surface area contributed by atoms with Crippen LogP contribution in [0, 0.1) is 34.0 Å². The molecule has 8 atom stereocenters. The van der Waals surface area contributed by atoms with Gasteiger partial charge in [-0.05, 0) is 57.6 Å². The van der Waals surface area contributed by atoms with Crippen molar-refractivity contribution < 1.29 is 39.2 Å². The molecule has 2 saturated carbocycles. The molecule has 8 heteroatoms. The van der Waals surface area contributed by atoms with Crippen molar-refractivity contribution in [3.8, 4) is 0 Å². The largest absolute Gasteiger partial charge is 0.458 e. The van der Waals surface area contributed by atoms with E-state index in [9.17, 15) is 29.7 Å². The van der Waals surface area contributed by atoms with Crippen LogP contribution in [0.2, 0.25) is 0 Å². The number of esters is 2. The molecule has 4 aliphatic rings. The molecule has 0 aliphatic heterocycles. The van der Waals surface area contributed by atoms with E-state index in [0.717, 1.165) is 19.3 Å². The van der Waals surface area contributed by atoms with Crippen molar-refractivity contribution in [3.63, 3.8) is 0 Å². The Morgan fingerprint density at radius 2 is 1.60 bits per heavy atom. The van der Waals surface area contributed by atoms with E-state index in [1.165, 1.54) is 38.5 Å². The smallest absolute Gasteiger partial charge is 0.311 e. The number of hydrogen-bond acceptors (Lipinski definition) is 8. The monoisotopic (exact) mass is 630 g/mol. The number of allylic oxidation sites excluding steroid dienone is 1. The Labute approximate surface area is 270 Å². The van der Waals surface area contributed by atoms with Crippen molar-refractivity contribution in [2.45, 2.75) is 149 Å². The molecule has 0 unspecified atom stereocenters. The van der Waals surface area contributed by atoms with E-state index < -0.39 is 70.0 Å². The highest BCUT2D eigenvalue weighted by atomic mass is 16.6. The Morgan fingerprint density at radius 3 is 2.16 bits per heavy atom. The number of unbranched alkanes of at least 4 members (excludes halogenated alkanes) is 8. The minimum Gasteiger partial charge on any atom is -0.458 e. The number of aliphatic hydroxyl groups excluding tert-OH is 2. The van der Waals surface area contributed by atoms with Crippen LogP contribution < -0.4 is 0 Å². The van der Waals surface area contributed by atoms with Crippen molar-refractivity contribution in [1.82, 2.24) is 0 Å². The molecule has 0 saturated heterocycles. The van der Waals surface area contributed by atoms with Crippen LogP contribution >= 0.6 is 0 Å². The molecule has 4 aliphatic carbocycles. The highest BCUT2D eigenvalue weighted by Gasteiger charge is 2.83. The van der Waals surface area contributed by atoms with Gasteiger partial charge in [0.2, 0.25) is 0 Å². The number of aliphatic hydroxyl groups is 3. The van der Waals surface area contributed by atoms with Crippen LogP contribution in [0.3, 0.4) is 0 Å². The molecule has 0 aromatic carbocycles. The lowest BCUT2D eigenvalue weighted by molar-refractivity contribution is -0.208. The van der Waals surface area contributed by atoms with E-state index in [1.807, 2.05) is 20.8 Å². The van der Waals surface area contributed by atoms with Gasteiger partial charge in [-0.3, -0.25) is 14.4 Å². The van der Waals surface area contributed by atoms with Crippen molar-refractivity contribution in [3.05, 3.63) is 23.3 Å². The molecule has 0 heterocycles. The van der Waals surface area contributed by atoms with Crippen LogP contribution in [0.25, 0.3) is 0 Å². The van der Waals surface area contributed by atoms with Gasteiger partial charge in [-0.1, -0.05) is 91.2 Å². The maximum Gasteiger partial charge on any atom is 0.311 e. The van der Waals surface area contributed by atoms with Crippen molar-refractivity contribution in [2.24, 2.45) is 34.0 Å². The third kappa shape index (κ3) is 5.75. The Bertz CT molecular complexity index is 1210. The predicted molar refractivity (Wildman–Crippen MR) is 172 cm³/mol. The third-order valence-corrected chi connectivity index (χ3v) is 11.6. The summed E-state index contributed by atoms with van der Waals surface area (Å²) < 4.78 is 12.3. The molecular formula is C37H58O8. The first-order chi connectivity index (χ1) is 21.0. The number of ketones is 1. The van der Waals surface area contributed by atoms with Crippen LogP contribution in [0.4, 0.5) is 0 Å². The zero-order valence-electron chi connectivity index (χ0n) is 28.9. The summed E-state index contributed by atoms with van der Waals surface area (Å²) in [5, 5.41) is 34.8. The predicted octanol–water partition coefficient (Wildman–Crippen LogP) is 6.00. The fraction of sp³-hybridized carbons (Fsp3) is 0.811. The number of carbonyl (C=O) groups excluding carboxylic acids is 3. The molecule has 2 fully saturated rings. The van der Waals surface area contributed by atoms with Crippen LogP contribution in [-0.4, -0.2) is 63.1 Å². The first-order valence-corrected chi connectivity index (χ1v) is 17.4. The third-order valence-electron chi connectivity index (χ3n) is 11.6. The molecule has 0 amide bonds. The fourth-order valence-corrected chi connectivity index (χ4v) is 9.01. The number of hydrogen-bond donors (Lipinski definition) is 3. The van der Waals surface area contributed by atoms with Gasteiger partial charge in [-0.25, -0.2) is 0 Å². The summed E-state index contributed by atoms with van der Waals surface area (Å²) >= 11 is 0. The van der Waals surface area contributed by atoms with Gasteiger partial charge in [-0.2, -0.15) is 0 Å². The van der Waals surface area contributed by atoms with E-state index in [4.69, 9.17) is 9.47 Å². The van der Waals surface area contributed by atoms with E-state index in [1.54, 1.807) is 39.8 Å². The molecule has 8 nitrogen and oxygen atoms in total. The summed E-state index contributed by atoms with van der Waals surface area (Å²) in [6, 6.07) is 0. The van der Waals surface area contributed by atoms with Gasteiger partial charge in [0, 0.05) is 23.7 Å². The topological polar surface area (TPSA) is 130 Å². The Hall–Kier alpha value is -2.03. The van der Waals surface area contributed by atoms with E-state index in [0.29, 0.717) is 18.4 Å². The molecule has 0 radical (unpaired) electrons. The number of rotatable bonds is 13. The molecule has 45 heavy (non-hydrogen) atoms. The number of Topliss-reactive ketones (excluding diaryl/α,β-unsaturated/α-hetero) is 1. The van der Waals surface area contributed by atoms with Gasteiger partial charge in [0.05, 0.1) is 17.4 Å². The normalized spacial score (nSPS) is 36.6. The second kappa shape index (κ2) is 12.9. The highest BCUT2D eigenvalue weighted by molar-refractivity contribution is 5.96. The van der Waals surface area contributed by atoms with E-state index in [-0.39, 0.29) is 17.3 Å². The zero-order chi connectivity index (χ0) is 33.6. The fourth-order valence-electron chi connectivity index (χ4n) is 9.01. The number of fused-ring (bicyclic) bond motifs is 3. The first-order valence-electron chi connectivity index (χ1n) is 17.4. The minimum atomic E-state index is -2.25. The molecule has 1 spiro atoms. The molecule has 4 rings (SSSR count). The highest BCUT2D eigenvalue weighted by Crippen LogP contribution is 2.75. The Kier molecular flexibility index (Phi) is 10.2. The second-order valence-corrected chi connectivity index (χ2v) is 16.1. The maximum absolute atomic E-state index is 14.8. The van der Waals surface area contributed by atoms with Gasteiger partial charge < -0.3 is 24.8 Å². The van der Waals surface area contributed by atoms with Gasteiger partial charge in [0.15, 0.2) is 17.5 Å². The lowest BCUT2D eigenvalue weighted by atomic mass is 9.59. The summed E-state index contributed by atoms with van der Waals surface area (Å²) in [6.07, 6.45) is 11.2. The van der Waals surface area contributed by atoms with Crippen molar-refractivity contribution >= 4 is 17.7 Å². The average Bonchev–Trinajstić information content (AvgIpc) is 3.35. The van der Waals surface area contributed by atoms with E-state index >= 15 is 0 Å². The molecule has 2 bridgehead atoms. The zero-order valence-corrected chi connectivity index (χ0v) is 28.9. The summed E-state index contributed by atoms with van der Waals surface area (Å²) in [5.41, 5.74) is -5.69. The van der Waals surface area contributed by atoms with Gasteiger partial charge in [0.25, 0.3) is 0 Å². The van der Waals surface area contributed by atoms with Crippen molar-refractivity contribution in [1.29, 1.82) is 0 Å². The molecule has 0 aromatic heterocycles. The summed E-state index contributed by atoms with van der Waals surface area (Å²) in [5.74, 6) is -2.96. The van der Waals surface area contributed by atoms with Gasteiger partial charge >= 0.3 is 11.9 Å². The van der Waals surface area contributed by atoms with Gasteiger partial charge in [-0.15, -0.1) is 0 Å². The van der Waals surface area contributed by atoms with Crippen LogP contribution in [0.1, 0.15) is 126 Å². The van der Waals surface area contributed by atoms with Gasteiger partial charge in [0.1, 0.15) is 11.7 Å². The van der Waals surface area contributed by atoms with Crippen LogP contribution in [-0.2, 0) is 23.9 Å². The maximum atomic E-state index is 14.8. The Balaban J connectivity index is 1.60. The van der Waals surface area contributed by atoms with Crippen molar-refractivity contribution in [2.75, 3.05) is 6.61 Å². The lowest BCUT2D eigenvalue weighted by Gasteiger charge is -2.49. The van der Waals surface area contributed by atoms with Crippen LogP contribution in [0.15, 0.2) is 23.3 Å². The van der Waals surface area contributed by atoms with E-state index in [2.05, 4.69) is 6.92 Å². The minimum absolute atomic E-state index is 0.101. The second-order valence-electron chi connectivity index (χ2n) is 16.1. The number of ether oxygens (including phenoxy) is 2. The lowest BCUT2D eigenvalue weighted by Crippen LogP contribution is -2.66. The first kappa shape index (κ1) is 35.8. The summed E-state index contributed by atoms with van der Waals surface area (Å²) in [7, 11) is 0. The standard InChI is InChI=1S/C37H58O8/c1-9-10-11-12-13-14-15-16-17-18-27(39)45-36-21-24(3)35-20-23(2)31(44-32(42)33(4,5)6)37(35,43)29(40)25(22-38)19-26(30(35)41)28(36)34(36,7)8/h19-20,24,26,28-29,31,38,40,43H,9-18,21-22H2,1-8H3/t24-,26+,28-,29-,31+,35+,36+,37+/m1/s1. The molecule has 254 valence electrons. The summed E-state index contributed by atoms with van der Waals surface area (Å²) in [6.45, 7) is 14.3.